The van der Waals surface area contributed by atoms with Gasteiger partial charge in [-0.05, 0) is 49.9 Å². The molecule has 0 aromatic heterocycles. The van der Waals surface area contributed by atoms with Gasteiger partial charge in [-0.2, -0.15) is 0 Å². The number of benzene rings is 1. The van der Waals surface area contributed by atoms with E-state index in [4.69, 9.17) is 0 Å². The van der Waals surface area contributed by atoms with Crippen LogP contribution in [0.1, 0.15) is 37.8 Å². The van der Waals surface area contributed by atoms with Crippen molar-refractivity contribution in [1.29, 1.82) is 0 Å². The van der Waals surface area contributed by atoms with Crippen LogP contribution in [0.4, 0.5) is 0 Å². The molecule has 0 saturated carbocycles. The van der Waals surface area contributed by atoms with Crippen LogP contribution in [0, 0.1) is 12.8 Å². The van der Waals surface area contributed by atoms with Crippen LogP contribution >= 0.6 is 0 Å². The zero-order valence-corrected chi connectivity index (χ0v) is 13.4. The van der Waals surface area contributed by atoms with Crippen molar-refractivity contribution < 1.29 is 0 Å². The molecule has 1 N–H and O–H groups in total. The summed E-state index contributed by atoms with van der Waals surface area (Å²) in [4.78, 5) is 2.66. The molecule has 1 aromatic carbocycles. The number of hydrogen-bond acceptors (Lipinski definition) is 2. The predicted octanol–water partition coefficient (Wildman–Crippen LogP) is 3.25. The van der Waals surface area contributed by atoms with Gasteiger partial charge in [-0.15, -0.1) is 0 Å². The number of rotatable bonds is 5. The topological polar surface area (TPSA) is 15.3 Å². The van der Waals surface area contributed by atoms with Gasteiger partial charge >= 0.3 is 0 Å². The van der Waals surface area contributed by atoms with Crippen LogP contribution in [0.5, 0.6) is 0 Å². The van der Waals surface area contributed by atoms with Gasteiger partial charge < -0.3 is 10.2 Å². The minimum atomic E-state index is 0.666. The van der Waals surface area contributed by atoms with E-state index in [1.54, 1.807) is 0 Å². The molecule has 0 spiro atoms. The standard InChI is InChI=1S/C18H30N2/c1-4-15(2)18-14-20(12-7-11-19-18)13-10-17-9-6-5-8-16(17)3/h5-6,8-9,15,18-19H,4,7,10-14H2,1-3H3. The molecule has 1 fully saturated rings. The molecule has 1 heterocycles. The number of nitrogens with one attached hydrogen (secondary N) is 1. The first kappa shape index (κ1) is 15.5. The molecular formula is C18H30N2. The van der Waals surface area contributed by atoms with Crippen molar-refractivity contribution in [3.05, 3.63) is 35.4 Å². The van der Waals surface area contributed by atoms with Crippen molar-refractivity contribution in [2.75, 3.05) is 26.2 Å². The summed E-state index contributed by atoms with van der Waals surface area (Å²) in [6.07, 6.45) is 3.73. The van der Waals surface area contributed by atoms with Crippen molar-refractivity contribution in [1.82, 2.24) is 10.2 Å². The average Bonchev–Trinajstić information content (AvgIpc) is 2.71. The smallest absolute Gasteiger partial charge is 0.0220 e. The molecule has 20 heavy (non-hydrogen) atoms. The van der Waals surface area contributed by atoms with E-state index in [1.165, 1.54) is 56.6 Å². The molecule has 1 aliphatic rings. The Morgan fingerprint density at radius 1 is 1.35 bits per heavy atom. The minimum Gasteiger partial charge on any atom is -0.312 e. The fourth-order valence-corrected chi connectivity index (χ4v) is 3.06. The largest absolute Gasteiger partial charge is 0.312 e. The van der Waals surface area contributed by atoms with Gasteiger partial charge in [0.25, 0.3) is 0 Å². The van der Waals surface area contributed by atoms with Crippen molar-refractivity contribution in [2.24, 2.45) is 5.92 Å². The first-order valence-corrected chi connectivity index (χ1v) is 8.21. The number of nitrogens with zero attached hydrogens (tertiary/aromatic N) is 1. The van der Waals surface area contributed by atoms with E-state index < -0.39 is 0 Å². The highest BCUT2D eigenvalue weighted by Crippen LogP contribution is 2.14. The van der Waals surface area contributed by atoms with Crippen LogP contribution in [0.25, 0.3) is 0 Å². The fourth-order valence-electron chi connectivity index (χ4n) is 3.06. The van der Waals surface area contributed by atoms with Gasteiger partial charge in [0.15, 0.2) is 0 Å². The summed E-state index contributed by atoms with van der Waals surface area (Å²) in [6.45, 7) is 11.7. The lowest BCUT2D eigenvalue weighted by molar-refractivity contribution is 0.240. The van der Waals surface area contributed by atoms with E-state index in [0.29, 0.717) is 6.04 Å². The van der Waals surface area contributed by atoms with Crippen LogP contribution in [0.2, 0.25) is 0 Å². The second-order valence-corrected chi connectivity index (χ2v) is 6.28. The van der Waals surface area contributed by atoms with Gasteiger partial charge in [-0.25, -0.2) is 0 Å². The summed E-state index contributed by atoms with van der Waals surface area (Å²) < 4.78 is 0. The van der Waals surface area contributed by atoms with E-state index in [0.717, 1.165) is 5.92 Å². The summed E-state index contributed by atoms with van der Waals surface area (Å²) in [6, 6.07) is 9.46. The molecule has 2 nitrogen and oxygen atoms in total. The van der Waals surface area contributed by atoms with Crippen molar-refractivity contribution in [3.8, 4) is 0 Å². The highest BCUT2D eigenvalue weighted by Gasteiger charge is 2.21. The third-order valence-corrected chi connectivity index (χ3v) is 4.80. The Morgan fingerprint density at radius 3 is 2.90 bits per heavy atom. The summed E-state index contributed by atoms with van der Waals surface area (Å²) in [5, 5.41) is 3.73. The molecule has 0 radical (unpaired) electrons. The maximum absolute atomic E-state index is 3.73. The second kappa shape index (κ2) is 7.80. The number of aryl methyl sites for hydroxylation is 1. The van der Waals surface area contributed by atoms with Crippen LogP contribution in [0.3, 0.4) is 0 Å². The van der Waals surface area contributed by atoms with Gasteiger partial charge in [0.05, 0.1) is 0 Å². The normalized spacial score (nSPS) is 22.4. The summed E-state index contributed by atoms with van der Waals surface area (Å²) in [5.41, 5.74) is 2.93. The third-order valence-electron chi connectivity index (χ3n) is 4.80. The predicted molar refractivity (Wildman–Crippen MR) is 87.2 cm³/mol. The average molecular weight is 274 g/mol. The Bertz CT molecular complexity index is 402. The van der Waals surface area contributed by atoms with Gasteiger partial charge in [-0.3, -0.25) is 0 Å². The molecule has 1 aromatic rings. The van der Waals surface area contributed by atoms with Crippen molar-refractivity contribution >= 4 is 0 Å². The van der Waals surface area contributed by atoms with Gasteiger partial charge in [-0.1, -0.05) is 44.5 Å². The molecule has 0 aliphatic carbocycles. The molecular weight excluding hydrogens is 244 g/mol. The molecule has 112 valence electrons. The fraction of sp³-hybridized carbons (Fsp3) is 0.667. The zero-order valence-electron chi connectivity index (χ0n) is 13.4. The first-order chi connectivity index (χ1) is 9.70. The summed E-state index contributed by atoms with van der Waals surface area (Å²) >= 11 is 0. The zero-order chi connectivity index (χ0) is 14.4. The van der Waals surface area contributed by atoms with E-state index in [9.17, 15) is 0 Å². The molecule has 0 amide bonds. The lowest BCUT2D eigenvalue weighted by atomic mass is 9.98. The molecule has 2 unspecified atom stereocenters. The molecule has 2 atom stereocenters. The lowest BCUT2D eigenvalue weighted by Crippen LogP contribution is -2.42. The highest BCUT2D eigenvalue weighted by atomic mass is 15.2. The van der Waals surface area contributed by atoms with Crippen molar-refractivity contribution in [3.63, 3.8) is 0 Å². The molecule has 0 bridgehead atoms. The highest BCUT2D eigenvalue weighted by molar-refractivity contribution is 5.25. The Hall–Kier alpha value is -0.860. The van der Waals surface area contributed by atoms with E-state index in [-0.39, 0.29) is 0 Å². The summed E-state index contributed by atoms with van der Waals surface area (Å²) in [5.74, 6) is 0.772. The maximum atomic E-state index is 3.73. The van der Waals surface area contributed by atoms with Crippen LogP contribution in [-0.2, 0) is 6.42 Å². The maximum Gasteiger partial charge on any atom is 0.0220 e. The minimum absolute atomic E-state index is 0.666. The SMILES string of the molecule is CCC(C)C1CN(CCc2ccccc2C)CCCN1. The molecule has 2 rings (SSSR count). The van der Waals surface area contributed by atoms with E-state index in [2.05, 4.69) is 55.3 Å². The van der Waals surface area contributed by atoms with Gasteiger partial charge in [0, 0.05) is 19.1 Å². The molecule has 1 saturated heterocycles. The Labute approximate surface area is 124 Å². The van der Waals surface area contributed by atoms with E-state index in [1.807, 2.05) is 0 Å². The Kier molecular flexibility index (Phi) is 6.06. The summed E-state index contributed by atoms with van der Waals surface area (Å²) in [7, 11) is 0. The van der Waals surface area contributed by atoms with Gasteiger partial charge in [0.1, 0.15) is 0 Å². The monoisotopic (exact) mass is 274 g/mol. The molecule has 1 aliphatic heterocycles. The third kappa shape index (κ3) is 4.32. The van der Waals surface area contributed by atoms with E-state index >= 15 is 0 Å². The molecule has 2 heteroatoms. The Balaban J connectivity index is 1.89. The van der Waals surface area contributed by atoms with Crippen LogP contribution in [0.15, 0.2) is 24.3 Å². The van der Waals surface area contributed by atoms with Gasteiger partial charge in [0.2, 0.25) is 0 Å². The quantitative estimate of drug-likeness (QED) is 0.886. The van der Waals surface area contributed by atoms with Crippen LogP contribution < -0.4 is 5.32 Å². The van der Waals surface area contributed by atoms with Crippen molar-refractivity contribution in [2.45, 2.75) is 46.1 Å². The number of hydrogen-bond donors (Lipinski definition) is 1. The van der Waals surface area contributed by atoms with Crippen LogP contribution in [-0.4, -0.2) is 37.1 Å². The first-order valence-electron chi connectivity index (χ1n) is 8.21. The Morgan fingerprint density at radius 2 is 2.15 bits per heavy atom. The lowest BCUT2D eigenvalue weighted by Gasteiger charge is -2.28. The second-order valence-electron chi connectivity index (χ2n) is 6.28.